The molecule has 164 valence electrons. The molecule has 1 aromatic heterocycles. The maximum atomic E-state index is 13.1. The number of nitrogens with zero attached hydrogens (tertiary/aromatic N) is 3. The third kappa shape index (κ3) is 3.59. The first-order valence-electron chi connectivity index (χ1n) is 10.0. The van der Waals surface area contributed by atoms with Crippen LogP contribution in [0.4, 0.5) is 5.69 Å². The number of esters is 1. The second-order valence-corrected chi connectivity index (χ2v) is 7.27. The van der Waals surface area contributed by atoms with Crippen LogP contribution < -0.4 is 5.32 Å². The molecule has 2 aliphatic rings. The van der Waals surface area contributed by atoms with E-state index in [4.69, 9.17) is 4.74 Å². The summed E-state index contributed by atoms with van der Waals surface area (Å²) in [6, 6.07) is 6.87. The summed E-state index contributed by atoms with van der Waals surface area (Å²) in [6.07, 6.45) is 2.89. The van der Waals surface area contributed by atoms with Crippen LogP contribution in [0.5, 0.6) is 0 Å². The van der Waals surface area contributed by atoms with Crippen molar-refractivity contribution < 1.29 is 28.7 Å². The number of ether oxygens (including phenoxy) is 1. The Labute approximate surface area is 183 Å². The van der Waals surface area contributed by atoms with Gasteiger partial charge in [-0.25, -0.2) is 4.79 Å². The third-order valence-electron chi connectivity index (χ3n) is 5.46. The smallest absolute Gasteiger partial charge is 0.339 e. The Hall–Kier alpha value is -4.08. The van der Waals surface area contributed by atoms with Gasteiger partial charge in [0.25, 0.3) is 17.7 Å². The van der Waals surface area contributed by atoms with Crippen LogP contribution in [0.3, 0.4) is 0 Å². The average Bonchev–Trinajstić information content (AvgIpc) is 3.07. The van der Waals surface area contributed by atoms with Gasteiger partial charge in [0.2, 0.25) is 5.91 Å². The first kappa shape index (κ1) is 21.2. The summed E-state index contributed by atoms with van der Waals surface area (Å²) >= 11 is 0. The summed E-state index contributed by atoms with van der Waals surface area (Å²) in [5.74, 6) is -2.90. The fraction of sp³-hybridized carbons (Fsp3) is 0.273. The number of pyridine rings is 1. The molecule has 1 atom stereocenters. The fourth-order valence-corrected chi connectivity index (χ4v) is 3.89. The number of benzene rings is 1. The van der Waals surface area contributed by atoms with Gasteiger partial charge in [-0.05, 0) is 30.7 Å². The summed E-state index contributed by atoms with van der Waals surface area (Å²) in [7, 11) is 1.63. The largest absolute Gasteiger partial charge is 0.460 e. The molecule has 32 heavy (non-hydrogen) atoms. The Kier molecular flexibility index (Phi) is 5.67. The molecule has 1 N–H and O–H groups in total. The minimum absolute atomic E-state index is 0.0146. The van der Waals surface area contributed by atoms with E-state index in [1.165, 1.54) is 24.5 Å². The summed E-state index contributed by atoms with van der Waals surface area (Å²) in [5.41, 5.74) is 1.15. The van der Waals surface area contributed by atoms with Crippen molar-refractivity contribution in [2.24, 2.45) is 0 Å². The highest BCUT2D eigenvalue weighted by Crippen LogP contribution is 2.33. The maximum Gasteiger partial charge on any atom is 0.339 e. The van der Waals surface area contributed by atoms with Crippen LogP contribution in [0.2, 0.25) is 0 Å². The van der Waals surface area contributed by atoms with Crippen molar-refractivity contribution in [1.29, 1.82) is 0 Å². The number of aromatic nitrogens is 1. The van der Waals surface area contributed by atoms with Crippen molar-refractivity contribution in [2.75, 3.05) is 25.5 Å². The van der Waals surface area contributed by atoms with E-state index in [0.29, 0.717) is 5.69 Å². The molecule has 2 aliphatic heterocycles. The zero-order chi connectivity index (χ0) is 22.8. The van der Waals surface area contributed by atoms with Gasteiger partial charge in [-0.3, -0.25) is 34.0 Å². The van der Waals surface area contributed by atoms with E-state index in [9.17, 15) is 24.0 Å². The highest BCUT2D eigenvalue weighted by atomic mass is 16.5. The van der Waals surface area contributed by atoms with Crippen LogP contribution in [0.1, 0.15) is 43.9 Å². The van der Waals surface area contributed by atoms with Crippen LogP contribution in [0.25, 0.3) is 0 Å². The standard InChI is InChI=1S/C22H20N4O6/c1-23-15-6-2-5-14-18(15)21(30)26(19(14)28)16-7-8-17(27)25(20(16)29)10-11-32-22(31)13-4-3-9-24-12-13/h2-6,9,12,16,23H,7-8,10-11H2,1H3. The molecular formula is C22H20N4O6. The van der Waals surface area contributed by atoms with Gasteiger partial charge in [0, 0.05) is 31.5 Å². The molecule has 0 aliphatic carbocycles. The quantitative estimate of drug-likeness (QED) is 0.527. The molecule has 0 radical (unpaired) electrons. The number of rotatable bonds is 6. The zero-order valence-electron chi connectivity index (χ0n) is 17.2. The number of imide groups is 2. The molecule has 0 saturated carbocycles. The lowest BCUT2D eigenvalue weighted by Gasteiger charge is -2.34. The molecule has 1 aromatic carbocycles. The van der Waals surface area contributed by atoms with Gasteiger partial charge in [0.05, 0.1) is 23.2 Å². The predicted octanol–water partition coefficient (Wildman–Crippen LogP) is 1.09. The number of carbonyl (C=O) groups is 5. The molecule has 1 saturated heterocycles. The van der Waals surface area contributed by atoms with Crippen molar-refractivity contribution in [3.05, 3.63) is 59.4 Å². The van der Waals surface area contributed by atoms with Crippen LogP contribution >= 0.6 is 0 Å². The fourth-order valence-electron chi connectivity index (χ4n) is 3.89. The number of piperidine rings is 1. The van der Waals surface area contributed by atoms with Crippen molar-refractivity contribution in [3.63, 3.8) is 0 Å². The van der Waals surface area contributed by atoms with E-state index in [0.717, 1.165) is 9.80 Å². The maximum absolute atomic E-state index is 13.1. The number of anilines is 1. The van der Waals surface area contributed by atoms with Crippen molar-refractivity contribution in [2.45, 2.75) is 18.9 Å². The summed E-state index contributed by atoms with van der Waals surface area (Å²) < 4.78 is 5.13. The van der Waals surface area contributed by atoms with Crippen LogP contribution in [0, 0.1) is 0 Å². The number of nitrogens with one attached hydrogen (secondary N) is 1. The number of carbonyl (C=O) groups excluding carboxylic acids is 5. The Morgan fingerprint density at radius 3 is 2.69 bits per heavy atom. The summed E-state index contributed by atoms with van der Waals surface area (Å²) in [5, 5.41) is 2.88. The minimum Gasteiger partial charge on any atom is -0.460 e. The lowest BCUT2D eigenvalue weighted by atomic mass is 10.0. The molecule has 4 amide bonds. The minimum atomic E-state index is -1.10. The van der Waals surface area contributed by atoms with Gasteiger partial charge >= 0.3 is 5.97 Å². The average molecular weight is 436 g/mol. The first-order valence-corrected chi connectivity index (χ1v) is 10.0. The van der Waals surface area contributed by atoms with Crippen LogP contribution in [0.15, 0.2) is 42.7 Å². The Morgan fingerprint density at radius 1 is 1.16 bits per heavy atom. The lowest BCUT2D eigenvalue weighted by Crippen LogP contribution is -2.56. The summed E-state index contributed by atoms with van der Waals surface area (Å²) in [6.45, 7) is -0.394. The number of fused-ring (bicyclic) bond motifs is 1. The van der Waals surface area contributed by atoms with Gasteiger partial charge < -0.3 is 10.1 Å². The highest BCUT2D eigenvalue weighted by molar-refractivity contribution is 6.25. The van der Waals surface area contributed by atoms with Crippen molar-refractivity contribution >= 4 is 35.3 Å². The normalized spacial score (nSPS) is 18.1. The Balaban J connectivity index is 1.47. The van der Waals surface area contributed by atoms with E-state index in [2.05, 4.69) is 10.3 Å². The number of hydrogen-bond acceptors (Lipinski definition) is 8. The molecule has 0 spiro atoms. The van der Waals surface area contributed by atoms with E-state index in [1.54, 1.807) is 25.2 Å². The summed E-state index contributed by atoms with van der Waals surface area (Å²) in [4.78, 5) is 69.1. The second kappa shape index (κ2) is 8.58. The Morgan fingerprint density at radius 2 is 1.97 bits per heavy atom. The monoisotopic (exact) mass is 436 g/mol. The van der Waals surface area contributed by atoms with Gasteiger partial charge in [0.15, 0.2) is 0 Å². The SMILES string of the molecule is CNc1cccc2c1C(=O)N(C1CCC(=O)N(CCOC(=O)c3cccnc3)C1=O)C2=O. The first-order chi connectivity index (χ1) is 15.4. The van der Waals surface area contributed by atoms with E-state index >= 15 is 0 Å². The van der Waals surface area contributed by atoms with Crippen LogP contribution in [-0.2, 0) is 14.3 Å². The molecule has 3 heterocycles. The zero-order valence-corrected chi connectivity index (χ0v) is 17.2. The third-order valence-corrected chi connectivity index (χ3v) is 5.46. The molecule has 1 unspecified atom stereocenters. The molecule has 10 heteroatoms. The predicted molar refractivity (Wildman–Crippen MR) is 111 cm³/mol. The molecule has 10 nitrogen and oxygen atoms in total. The van der Waals surface area contributed by atoms with Gasteiger partial charge in [-0.1, -0.05) is 6.07 Å². The van der Waals surface area contributed by atoms with E-state index in [-0.39, 0.29) is 42.7 Å². The van der Waals surface area contributed by atoms with Crippen LogP contribution in [-0.4, -0.2) is 70.6 Å². The van der Waals surface area contributed by atoms with Gasteiger partial charge in [0.1, 0.15) is 12.6 Å². The van der Waals surface area contributed by atoms with E-state index < -0.39 is 35.6 Å². The molecule has 0 bridgehead atoms. The highest BCUT2D eigenvalue weighted by Gasteiger charge is 2.47. The second-order valence-electron chi connectivity index (χ2n) is 7.27. The van der Waals surface area contributed by atoms with Gasteiger partial charge in [-0.15, -0.1) is 0 Å². The number of hydrogen-bond donors (Lipinski definition) is 1. The number of likely N-dealkylation sites (tertiary alicyclic amines) is 1. The number of amides is 4. The van der Waals surface area contributed by atoms with Crippen molar-refractivity contribution in [3.8, 4) is 0 Å². The molecule has 2 aromatic rings. The molecule has 1 fully saturated rings. The van der Waals surface area contributed by atoms with E-state index in [1.807, 2.05) is 0 Å². The Bertz CT molecular complexity index is 1120. The lowest BCUT2D eigenvalue weighted by molar-refractivity contribution is -0.152. The molecule has 4 rings (SSSR count). The van der Waals surface area contributed by atoms with Gasteiger partial charge in [-0.2, -0.15) is 0 Å². The topological polar surface area (TPSA) is 126 Å². The van der Waals surface area contributed by atoms with Crippen molar-refractivity contribution in [1.82, 2.24) is 14.8 Å². The molecular weight excluding hydrogens is 416 g/mol.